The number of hydrogen-bond acceptors (Lipinski definition) is 7. The van der Waals surface area contributed by atoms with Crippen molar-refractivity contribution >= 4 is 11.9 Å². The Hall–Kier alpha value is -2.98. The maximum Gasteiger partial charge on any atom is 0.335 e. The molecular formula is C21H22O9. The minimum Gasteiger partial charge on any atom is -0.481 e. The van der Waals surface area contributed by atoms with Crippen molar-refractivity contribution in [2.45, 2.75) is 31.0 Å². The van der Waals surface area contributed by atoms with Crippen LogP contribution < -0.4 is 4.74 Å². The number of rotatable bonds is 7. The Morgan fingerprint density at radius 2 is 1.73 bits per heavy atom. The average Bonchev–Trinajstić information content (AvgIpc) is 2.73. The van der Waals surface area contributed by atoms with Crippen molar-refractivity contribution < 1.29 is 44.6 Å². The number of aliphatic hydroxyl groups is 3. The fourth-order valence-electron chi connectivity index (χ4n) is 3.43. The van der Waals surface area contributed by atoms with Crippen molar-refractivity contribution in [3.05, 3.63) is 54.1 Å². The number of carboxylic acid groups (broad SMARTS) is 2. The molecule has 5 N–H and O–H groups in total. The van der Waals surface area contributed by atoms with Gasteiger partial charge in [0, 0.05) is 5.56 Å². The van der Waals surface area contributed by atoms with Gasteiger partial charge in [0.05, 0.1) is 30.6 Å². The van der Waals surface area contributed by atoms with E-state index in [2.05, 4.69) is 0 Å². The van der Waals surface area contributed by atoms with Crippen LogP contribution in [0.4, 0.5) is 0 Å². The summed E-state index contributed by atoms with van der Waals surface area (Å²) in [4.78, 5) is 22.5. The lowest BCUT2D eigenvalue weighted by Gasteiger charge is -2.41. The number of hydrogen-bond donors (Lipinski definition) is 5. The van der Waals surface area contributed by atoms with Gasteiger partial charge in [-0.2, -0.15) is 0 Å². The second-order valence-electron chi connectivity index (χ2n) is 6.97. The zero-order chi connectivity index (χ0) is 21.8. The summed E-state index contributed by atoms with van der Waals surface area (Å²) in [5, 5.41) is 48.3. The van der Waals surface area contributed by atoms with Crippen LogP contribution >= 0.6 is 0 Å². The molecule has 5 atom stereocenters. The van der Waals surface area contributed by atoms with Crippen LogP contribution in [0, 0.1) is 5.92 Å². The highest BCUT2D eigenvalue weighted by Gasteiger charge is 2.46. The van der Waals surface area contributed by atoms with Gasteiger partial charge >= 0.3 is 11.9 Å². The SMILES string of the molecule is O=C(O)C[C@H]1[C@@H](Oc2ccccc2-c2cccc(C(=O)O)c2)O[C@H](CO)[C@H](O)[C@@H]1O. The van der Waals surface area contributed by atoms with Gasteiger partial charge in [-0.25, -0.2) is 4.79 Å². The van der Waals surface area contributed by atoms with Crippen LogP contribution in [0.3, 0.4) is 0 Å². The van der Waals surface area contributed by atoms with E-state index in [4.69, 9.17) is 9.47 Å². The first-order chi connectivity index (χ1) is 14.3. The van der Waals surface area contributed by atoms with E-state index in [1.165, 1.54) is 12.1 Å². The first-order valence-electron chi connectivity index (χ1n) is 9.25. The third-order valence-electron chi connectivity index (χ3n) is 4.97. The number of aromatic carboxylic acids is 1. The molecular weight excluding hydrogens is 396 g/mol. The van der Waals surface area contributed by atoms with E-state index in [0.717, 1.165) is 0 Å². The molecule has 0 radical (unpaired) electrons. The van der Waals surface area contributed by atoms with Crippen LogP contribution in [0.25, 0.3) is 11.1 Å². The second-order valence-corrected chi connectivity index (χ2v) is 6.97. The summed E-state index contributed by atoms with van der Waals surface area (Å²) in [7, 11) is 0. The van der Waals surface area contributed by atoms with E-state index in [0.29, 0.717) is 11.1 Å². The zero-order valence-electron chi connectivity index (χ0n) is 15.8. The van der Waals surface area contributed by atoms with Gasteiger partial charge in [-0.1, -0.05) is 30.3 Å². The van der Waals surface area contributed by atoms with Crippen molar-refractivity contribution in [1.29, 1.82) is 0 Å². The van der Waals surface area contributed by atoms with E-state index in [1.807, 2.05) is 0 Å². The van der Waals surface area contributed by atoms with Gasteiger partial charge in [0.2, 0.25) is 6.29 Å². The van der Waals surface area contributed by atoms with Crippen molar-refractivity contribution in [2.75, 3.05) is 6.61 Å². The molecule has 2 aromatic carbocycles. The Morgan fingerprint density at radius 3 is 2.40 bits per heavy atom. The summed E-state index contributed by atoms with van der Waals surface area (Å²) in [5.74, 6) is -3.14. The van der Waals surface area contributed by atoms with Crippen molar-refractivity contribution in [3.8, 4) is 16.9 Å². The van der Waals surface area contributed by atoms with Crippen LogP contribution in [0.5, 0.6) is 5.75 Å². The minimum atomic E-state index is -1.49. The number of benzene rings is 2. The van der Waals surface area contributed by atoms with Crippen molar-refractivity contribution in [3.63, 3.8) is 0 Å². The zero-order valence-corrected chi connectivity index (χ0v) is 15.8. The normalized spacial score (nSPS) is 26.2. The number of aliphatic carboxylic acids is 1. The van der Waals surface area contributed by atoms with E-state index in [9.17, 15) is 35.1 Å². The number of aliphatic hydroxyl groups excluding tert-OH is 3. The highest BCUT2D eigenvalue weighted by atomic mass is 16.7. The van der Waals surface area contributed by atoms with Gasteiger partial charge in [-0.15, -0.1) is 0 Å². The Morgan fingerprint density at radius 1 is 1.00 bits per heavy atom. The molecule has 0 spiro atoms. The lowest BCUT2D eigenvalue weighted by Crippen LogP contribution is -2.57. The molecule has 0 unspecified atom stereocenters. The topological polar surface area (TPSA) is 154 Å². The Kier molecular flexibility index (Phi) is 6.68. The lowest BCUT2D eigenvalue weighted by molar-refractivity contribution is -0.261. The summed E-state index contributed by atoms with van der Waals surface area (Å²) in [6.07, 6.45) is -5.91. The molecule has 9 nitrogen and oxygen atoms in total. The van der Waals surface area contributed by atoms with Crippen molar-refractivity contribution in [2.24, 2.45) is 5.92 Å². The molecule has 1 aliphatic heterocycles. The van der Waals surface area contributed by atoms with Gasteiger partial charge in [-0.3, -0.25) is 4.79 Å². The van der Waals surface area contributed by atoms with E-state index >= 15 is 0 Å². The molecule has 30 heavy (non-hydrogen) atoms. The van der Waals surface area contributed by atoms with Gasteiger partial charge in [-0.05, 0) is 23.8 Å². The molecule has 9 heteroatoms. The smallest absolute Gasteiger partial charge is 0.335 e. The largest absolute Gasteiger partial charge is 0.481 e. The van der Waals surface area contributed by atoms with Crippen LogP contribution in [-0.4, -0.2) is 68.7 Å². The molecule has 3 rings (SSSR count). The van der Waals surface area contributed by atoms with Gasteiger partial charge in [0.1, 0.15) is 18.0 Å². The Balaban J connectivity index is 1.95. The third-order valence-corrected chi connectivity index (χ3v) is 4.97. The number of carbonyl (C=O) groups is 2. The summed E-state index contributed by atoms with van der Waals surface area (Å²) < 4.78 is 11.4. The summed E-state index contributed by atoms with van der Waals surface area (Å²) in [6, 6.07) is 12.9. The fraction of sp³-hybridized carbons (Fsp3) is 0.333. The Bertz CT molecular complexity index is 913. The summed E-state index contributed by atoms with van der Waals surface area (Å²) >= 11 is 0. The molecule has 1 heterocycles. The molecule has 160 valence electrons. The second kappa shape index (κ2) is 9.23. The van der Waals surface area contributed by atoms with Gasteiger partial charge in [0.25, 0.3) is 0 Å². The number of para-hydroxylation sites is 1. The molecule has 0 saturated carbocycles. The van der Waals surface area contributed by atoms with Crippen LogP contribution in [-0.2, 0) is 9.53 Å². The van der Waals surface area contributed by atoms with Crippen LogP contribution in [0.15, 0.2) is 48.5 Å². The summed E-state index contributed by atoms with van der Waals surface area (Å²) in [5.41, 5.74) is 1.16. The van der Waals surface area contributed by atoms with Crippen LogP contribution in [0.1, 0.15) is 16.8 Å². The predicted octanol–water partition coefficient (Wildman–Crippen LogP) is 0.960. The Labute approximate surface area is 171 Å². The molecule has 0 aromatic heterocycles. The average molecular weight is 418 g/mol. The molecule has 1 aliphatic rings. The molecule has 0 bridgehead atoms. The lowest BCUT2D eigenvalue weighted by atomic mass is 9.88. The fourth-order valence-corrected chi connectivity index (χ4v) is 3.43. The maximum atomic E-state index is 11.3. The first-order valence-corrected chi connectivity index (χ1v) is 9.25. The molecule has 1 fully saturated rings. The standard InChI is InChI=1S/C21H22O9/c22-10-16-19(26)18(25)14(9-17(23)24)21(30-16)29-15-7-2-1-6-13(15)11-4-3-5-12(8-11)20(27)28/h1-8,14,16,18-19,21-22,25-26H,9-10H2,(H,23,24)(H,27,28)/t14-,16-,18-,19+,21+/m1/s1. The molecule has 1 saturated heterocycles. The molecule has 2 aromatic rings. The number of ether oxygens (including phenoxy) is 2. The van der Waals surface area contributed by atoms with Gasteiger partial charge in [0.15, 0.2) is 0 Å². The molecule has 0 amide bonds. The quantitative estimate of drug-likeness (QED) is 0.442. The minimum absolute atomic E-state index is 0.0823. The monoisotopic (exact) mass is 418 g/mol. The first kappa shape index (κ1) is 21.7. The van der Waals surface area contributed by atoms with E-state index < -0.39 is 55.5 Å². The number of carboxylic acids is 2. The summed E-state index contributed by atoms with van der Waals surface area (Å²) in [6.45, 7) is -0.597. The third kappa shape index (κ3) is 4.60. The highest BCUT2D eigenvalue weighted by Crippen LogP contribution is 2.35. The predicted molar refractivity (Wildman–Crippen MR) is 103 cm³/mol. The van der Waals surface area contributed by atoms with E-state index in [1.54, 1.807) is 36.4 Å². The van der Waals surface area contributed by atoms with E-state index in [-0.39, 0.29) is 11.3 Å². The van der Waals surface area contributed by atoms with Crippen LogP contribution in [0.2, 0.25) is 0 Å². The maximum absolute atomic E-state index is 11.3. The van der Waals surface area contributed by atoms with Crippen molar-refractivity contribution in [1.82, 2.24) is 0 Å². The highest BCUT2D eigenvalue weighted by molar-refractivity contribution is 5.89. The van der Waals surface area contributed by atoms with Gasteiger partial charge < -0.3 is 35.0 Å². The molecule has 0 aliphatic carbocycles.